The third-order valence-electron chi connectivity index (χ3n) is 4.36. The van der Waals surface area contributed by atoms with Gasteiger partial charge >= 0.3 is 0 Å². The highest BCUT2D eigenvalue weighted by Gasteiger charge is 2.26. The standard InChI is InChI=1S/C20H21Cl2N3O3S2.ClH/c1-24(2)11-4-12-25(20-23-19-16(22)5-3-6-17(19)29-20)18(26)13-30(27,28)15-9-7-14(21)8-10-15;/h3,5-10H,4,11-13H2,1-2H3;1H. The molecule has 6 nitrogen and oxygen atoms in total. The summed E-state index contributed by atoms with van der Waals surface area (Å²) in [4.78, 5) is 21.1. The number of benzene rings is 2. The molecule has 0 atom stereocenters. The Morgan fingerprint density at radius 1 is 1.06 bits per heavy atom. The summed E-state index contributed by atoms with van der Waals surface area (Å²) in [7, 11) is 0.0598. The van der Waals surface area contributed by atoms with E-state index in [1.54, 1.807) is 6.07 Å². The lowest BCUT2D eigenvalue weighted by molar-refractivity contribution is -0.116. The molecule has 0 saturated heterocycles. The topological polar surface area (TPSA) is 70.6 Å². The average molecular weight is 523 g/mol. The molecule has 0 aliphatic carbocycles. The number of para-hydroxylation sites is 1. The van der Waals surface area contributed by atoms with Crippen LogP contribution in [0.2, 0.25) is 10.0 Å². The number of aromatic nitrogens is 1. The van der Waals surface area contributed by atoms with E-state index in [0.29, 0.717) is 33.7 Å². The SMILES string of the molecule is CN(C)CCCN(C(=O)CS(=O)(=O)c1ccc(Cl)cc1)c1nc2c(Cl)cccc2s1.Cl. The smallest absolute Gasteiger partial charge is 0.244 e. The number of carbonyl (C=O) groups is 1. The Labute approximate surface area is 202 Å². The van der Waals surface area contributed by atoms with Crippen molar-refractivity contribution in [1.82, 2.24) is 9.88 Å². The van der Waals surface area contributed by atoms with E-state index in [1.165, 1.54) is 40.5 Å². The maximum Gasteiger partial charge on any atom is 0.244 e. The molecule has 1 heterocycles. The van der Waals surface area contributed by atoms with E-state index < -0.39 is 21.5 Å². The zero-order valence-corrected chi connectivity index (χ0v) is 20.9. The van der Waals surface area contributed by atoms with Crippen LogP contribution in [0.3, 0.4) is 0 Å². The zero-order valence-electron chi connectivity index (χ0n) is 16.9. The molecule has 0 spiro atoms. The van der Waals surface area contributed by atoms with Crippen molar-refractivity contribution in [2.75, 3.05) is 37.8 Å². The van der Waals surface area contributed by atoms with Crippen molar-refractivity contribution in [1.29, 1.82) is 0 Å². The molecule has 168 valence electrons. The van der Waals surface area contributed by atoms with E-state index in [-0.39, 0.29) is 17.3 Å². The molecule has 0 fully saturated rings. The van der Waals surface area contributed by atoms with E-state index >= 15 is 0 Å². The van der Waals surface area contributed by atoms with E-state index in [1.807, 2.05) is 31.1 Å². The quantitative estimate of drug-likeness (QED) is 0.426. The first-order valence-electron chi connectivity index (χ1n) is 9.16. The highest BCUT2D eigenvalue weighted by atomic mass is 35.5. The Bertz CT molecular complexity index is 1150. The lowest BCUT2D eigenvalue weighted by Crippen LogP contribution is -2.37. The zero-order chi connectivity index (χ0) is 21.9. The molecule has 1 amide bonds. The molecule has 1 aromatic heterocycles. The molecule has 0 radical (unpaired) electrons. The summed E-state index contributed by atoms with van der Waals surface area (Å²) in [6, 6.07) is 11.2. The minimum atomic E-state index is -3.82. The number of sulfone groups is 1. The lowest BCUT2D eigenvalue weighted by Gasteiger charge is -2.21. The maximum atomic E-state index is 13.1. The molecule has 0 saturated carbocycles. The summed E-state index contributed by atoms with van der Waals surface area (Å²) in [6.07, 6.45) is 0.670. The first kappa shape index (κ1) is 25.8. The summed E-state index contributed by atoms with van der Waals surface area (Å²) in [5.74, 6) is -1.18. The van der Waals surface area contributed by atoms with E-state index in [2.05, 4.69) is 4.98 Å². The summed E-state index contributed by atoms with van der Waals surface area (Å²) in [5, 5.41) is 1.36. The molecular weight excluding hydrogens is 501 g/mol. The molecule has 0 aliphatic rings. The van der Waals surface area contributed by atoms with Gasteiger partial charge in [-0.2, -0.15) is 0 Å². The van der Waals surface area contributed by atoms with Crippen molar-refractivity contribution >= 4 is 78.0 Å². The van der Waals surface area contributed by atoms with Crippen molar-refractivity contribution in [2.24, 2.45) is 0 Å². The maximum absolute atomic E-state index is 13.1. The summed E-state index contributed by atoms with van der Waals surface area (Å²) in [6.45, 7) is 1.10. The Hall–Kier alpha value is -1.42. The Morgan fingerprint density at radius 2 is 1.74 bits per heavy atom. The van der Waals surface area contributed by atoms with Crippen LogP contribution >= 0.6 is 46.9 Å². The molecule has 2 aromatic carbocycles. The number of hydrogen-bond donors (Lipinski definition) is 0. The van der Waals surface area contributed by atoms with Crippen LogP contribution in [0.25, 0.3) is 10.2 Å². The Balaban J connectivity index is 0.00000341. The van der Waals surface area contributed by atoms with Gasteiger partial charge in [0.2, 0.25) is 5.91 Å². The number of rotatable bonds is 8. The fourth-order valence-corrected chi connectivity index (χ4v) is 5.49. The number of nitrogens with zero attached hydrogens (tertiary/aromatic N) is 3. The first-order valence-corrected chi connectivity index (χ1v) is 12.4. The normalized spacial score (nSPS) is 11.5. The average Bonchev–Trinajstić information content (AvgIpc) is 3.10. The van der Waals surface area contributed by atoms with Crippen LogP contribution in [0, 0.1) is 0 Å². The lowest BCUT2D eigenvalue weighted by atomic mass is 10.3. The molecule has 0 bridgehead atoms. The molecule has 0 N–H and O–H groups in total. The minimum absolute atomic E-state index is 0. The number of thiazole rings is 1. The van der Waals surface area contributed by atoms with Gasteiger partial charge in [-0.25, -0.2) is 13.4 Å². The molecular formula is C20H22Cl3N3O3S2. The first-order chi connectivity index (χ1) is 14.2. The third kappa shape index (κ3) is 6.54. The minimum Gasteiger partial charge on any atom is -0.309 e. The number of fused-ring (bicyclic) bond motifs is 1. The number of amides is 1. The summed E-state index contributed by atoms with van der Waals surface area (Å²) in [5.41, 5.74) is 0.602. The van der Waals surface area contributed by atoms with E-state index in [0.717, 1.165) is 11.2 Å². The van der Waals surface area contributed by atoms with Gasteiger partial charge < -0.3 is 4.90 Å². The van der Waals surface area contributed by atoms with Crippen molar-refractivity contribution < 1.29 is 13.2 Å². The highest BCUT2D eigenvalue weighted by molar-refractivity contribution is 7.92. The second-order valence-corrected chi connectivity index (χ2v) is 10.8. The second kappa shape index (κ2) is 10.9. The van der Waals surface area contributed by atoms with Gasteiger partial charge in [-0.15, -0.1) is 12.4 Å². The molecule has 3 aromatic rings. The van der Waals surface area contributed by atoms with Crippen molar-refractivity contribution in [3.8, 4) is 0 Å². The summed E-state index contributed by atoms with van der Waals surface area (Å²) < 4.78 is 26.4. The Morgan fingerprint density at radius 3 is 2.35 bits per heavy atom. The monoisotopic (exact) mass is 521 g/mol. The molecule has 0 unspecified atom stereocenters. The van der Waals surface area contributed by atoms with Crippen LogP contribution in [-0.4, -0.2) is 57.1 Å². The van der Waals surface area contributed by atoms with E-state index in [4.69, 9.17) is 23.2 Å². The second-order valence-electron chi connectivity index (χ2n) is 7.00. The van der Waals surface area contributed by atoms with Gasteiger partial charge in [0.1, 0.15) is 11.3 Å². The van der Waals surface area contributed by atoms with Crippen LogP contribution in [-0.2, 0) is 14.6 Å². The van der Waals surface area contributed by atoms with Gasteiger partial charge in [-0.05, 0) is 63.5 Å². The van der Waals surface area contributed by atoms with Crippen molar-refractivity contribution in [3.05, 3.63) is 52.5 Å². The van der Waals surface area contributed by atoms with Gasteiger partial charge in [0, 0.05) is 11.6 Å². The number of carbonyl (C=O) groups excluding carboxylic acids is 1. The van der Waals surface area contributed by atoms with Gasteiger partial charge in [0.05, 0.1) is 14.6 Å². The highest BCUT2D eigenvalue weighted by Crippen LogP contribution is 2.33. The molecule has 31 heavy (non-hydrogen) atoms. The van der Waals surface area contributed by atoms with Crippen LogP contribution in [0.4, 0.5) is 5.13 Å². The molecule has 3 rings (SSSR count). The summed E-state index contributed by atoms with van der Waals surface area (Å²) >= 11 is 13.4. The Kier molecular flexibility index (Phi) is 9.12. The fourth-order valence-electron chi connectivity index (χ4n) is 2.86. The predicted molar refractivity (Wildman–Crippen MR) is 131 cm³/mol. The largest absolute Gasteiger partial charge is 0.309 e. The van der Waals surface area contributed by atoms with Gasteiger partial charge in [-0.1, -0.05) is 40.6 Å². The van der Waals surface area contributed by atoms with Gasteiger partial charge in [0.15, 0.2) is 15.0 Å². The van der Waals surface area contributed by atoms with Gasteiger partial charge in [-0.3, -0.25) is 9.69 Å². The number of hydrogen-bond acceptors (Lipinski definition) is 6. The van der Waals surface area contributed by atoms with E-state index in [9.17, 15) is 13.2 Å². The fraction of sp³-hybridized carbons (Fsp3) is 0.300. The van der Waals surface area contributed by atoms with Crippen LogP contribution in [0.5, 0.6) is 0 Å². The van der Waals surface area contributed by atoms with Crippen LogP contribution in [0.15, 0.2) is 47.4 Å². The molecule has 11 heteroatoms. The van der Waals surface area contributed by atoms with Crippen LogP contribution in [0.1, 0.15) is 6.42 Å². The predicted octanol–water partition coefficient (Wildman–Crippen LogP) is 4.78. The number of anilines is 1. The molecule has 0 aliphatic heterocycles. The van der Waals surface area contributed by atoms with Crippen molar-refractivity contribution in [2.45, 2.75) is 11.3 Å². The number of halogens is 3. The van der Waals surface area contributed by atoms with Crippen LogP contribution < -0.4 is 4.90 Å². The van der Waals surface area contributed by atoms with Gasteiger partial charge in [0.25, 0.3) is 0 Å². The third-order valence-corrected chi connectivity index (χ3v) is 7.58. The van der Waals surface area contributed by atoms with Crippen molar-refractivity contribution in [3.63, 3.8) is 0 Å².